The van der Waals surface area contributed by atoms with Gasteiger partial charge in [0.25, 0.3) is 0 Å². The fourth-order valence-corrected chi connectivity index (χ4v) is 2.83. The van der Waals surface area contributed by atoms with E-state index in [0.29, 0.717) is 17.5 Å². The summed E-state index contributed by atoms with van der Waals surface area (Å²) in [7, 11) is 2.01. The lowest BCUT2D eigenvalue weighted by Crippen LogP contribution is -2.39. The van der Waals surface area contributed by atoms with Crippen molar-refractivity contribution in [2.45, 2.75) is 52.1 Å². The molecule has 0 aromatic carbocycles. The third-order valence-corrected chi connectivity index (χ3v) is 4.01. The lowest BCUT2D eigenvalue weighted by molar-refractivity contribution is 0.263. The number of aryl methyl sites for hydroxylation is 1. The minimum absolute atomic E-state index is 0.384. The number of aromatic nitrogens is 2. The Morgan fingerprint density at radius 1 is 1.56 bits per heavy atom. The predicted octanol–water partition coefficient (Wildman–Crippen LogP) is 2.65. The van der Waals surface area contributed by atoms with Crippen LogP contribution < -0.4 is 5.32 Å². The van der Waals surface area contributed by atoms with Gasteiger partial charge in [0.1, 0.15) is 0 Å². The van der Waals surface area contributed by atoms with Crippen LogP contribution in [0.15, 0.2) is 12.3 Å². The number of nitrogens with one attached hydrogen (secondary N) is 1. The van der Waals surface area contributed by atoms with Crippen molar-refractivity contribution in [3.05, 3.63) is 18.0 Å². The second-order valence-electron chi connectivity index (χ2n) is 5.70. The Kier molecular flexibility index (Phi) is 3.06. The molecule has 0 radical (unpaired) electrons. The highest BCUT2D eigenvalue weighted by molar-refractivity contribution is 5.06. The summed E-state index contributed by atoms with van der Waals surface area (Å²) in [5.74, 6) is 0. The summed E-state index contributed by atoms with van der Waals surface area (Å²) in [6.07, 6.45) is 5.86. The second-order valence-corrected chi connectivity index (χ2v) is 5.70. The number of hydrogen-bond donors (Lipinski definition) is 1. The van der Waals surface area contributed by atoms with E-state index in [4.69, 9.17) is 0 Å². The molecule has 1 aliphatic rings. The highest BCUT2D eigenvalue weighted by Gasteiger charge is 2.35. The third-order valence-electron chi connectivity index (χ3n) is 4.01. The molecule has 0 saturated heterocycles. The lowest BCUT2D eigenvalue weighted by Gasteiger charge is -2.30. The average molecular weight is 221 g/mol. The van der Waals surface area contributed by atoms with Gasteiger partial charge in [-0.3, -0.25) is 4.68 Å². The molecule has 2 unspecified atom stereocenters. The van der Waals surface area contributed by atoms with Gasteiger partial charge < -0.3 is 5.32 Å². The van der Waals surface area contributed by atoms with Crippen LogP contribution in [-0.4, -0.2) is 15.8 Å². The van der Waals surface area contributed by atoms with Crippen LogP contribution in [0.5, 0.6) is 0 Å². The number of nitrogens with zero attached hydrogens (tertiary/aromatic N) is 2. The summed E-state index contributed by atoms with van der Waals surface area (Å²) in [6, 6.07) is 3.12. The molecule has 0 amide bonds. The topological polar surface area (TPSA) is 29.9 Å². The van der Waals surface area contributed by atoms with Gasteiger partial charge in [0.05, 0.1) is 5.69 Å². The van der Waals surface area contributed by atoms with Crippen molar-refractivity contribution in [3.8, 4) is 0 Å². The monoisotopic (exact) mass is 221 g/mol. The summed E-state index contributed by atoms with van der Waals surface area (Å²) in [6.45, 7) is 6.96. The summed E-state index contributed by atoms with van der Waals surface area (Å²) >= 11 is 0. The van der Waals surface area contributed by atoms with Crippen molar-refractivity contribution >= 4 is 0 Å². The van der Waals surface area contributed by atoms with Gasteiger partial charge in [-0.15, -0.1) is 0 Å². The maximum atomic E-state index is 4.23. The molecule has 3 heteroatoms. The first-order chi connectivity index (χ1) is 7.50. The smallest absolute Gasteiger partial charge is 0.0547 e. The summed E-state index contributed by atoms with van der Waals surface area (Å²) in [5, 5.41) is 7.98. The molecule has 90 valence electrons. The van der Waals surface area contributed by atoms with Gasteiger partial charge in [-0.1, -0.05) is 20.3 Å². The fourth-order valence-electron chi connectivity index (χ4n) is 2.83. The predicted molar refractivity (Wildman–Crippen MR) is 66.2 cm³/mol. The molecule has 16 heavy (non-hydrogen) atoms. The molecule has 1 fully saturated rings. The van der Waals surface area contributed by atoms with E-state index in [1.54, 1.807) is 0 Å². The number of hydrogen-bond acceptors (Lipinski definition) is 2. The zero-order chi connectivity index (χ0) is 11.8. The maximum Gasteiger partial charge on any atom is 0.0547 e. The molecule has 0 aliphatic heterocycles. The first-order valence-electron chi connectivity index (χ1n) is 6.24. The first kappa shape index (κ1) is 11.6. The van der Waals surface area contributed by atoms with Gasteiger partial charge in [0.15, 0.2) is 0 Å². The molecule has 1 N–H and O–H groups in total. The molecule has 0 bridgehead atoms. The third kappa shape index (κ3) is 2.14. The molecule has 1 aromatic rings. The van der Waals surface area contributed by atoms with E-state index in [9.17, 15) is 0 Å². The van der Waals surface area contributed by atoms with Crippen LogP contribution in [-0.2, 0) is 7.05 Å². The average Bonchev–Trinajstić information content (AvgIpc) is 2.74. The molecule has 2 atom stereocenters. The Morgan fingerprint density at radius 2 is 2.31 bits per heavy atom. The molecular weight excluding hydrogens is 198 g/mol. The first-order valence-corrected chi connectivity index (χ1v) is 6.24. The zero-order valence-electron chi connectivity index (χ0n) is 10.8. The second kappa shape index (κ2) is 4.21. The molecule has 2 rings (SSSR count). The normalized spacial score (nSPS) is 25.9. The van der Waals surface area contributed by atoms with Crippen LogP contribution in [0.4, 0.5) is 0 Å². The van der Waals surface area contributed by atoms with Crippen LogP contribution in [0.25, 0.3) is 0 Å². The minimum Gasteiger partial charge on any atom is -0.306 e. The quantitative estimate of drug-likeness (QED) is 0.850. The Hall–Kier alpha value is -0.830. The van der Waals surface area contributed by atoms with Gasteiger partial charge in [-0.05, 0) is 31.2 Å². The van der Waals surface area contributed by atoms with Gasteiger partial charge in [0, 0.05) is 25.3 Å². The molecule has 0 spiro atoms. The Balaban J connectivity index is 2.03. The van der Waals surface area contributed by atoms with Crippen LogP contribution in [0.3, 0.4) is 0 Å². The van der Waals surface area contributed by atoms with Gasteiger partial charge >= 0.3 is 0 Å². The van der Waals surface area contributed by atoms with Gasteiger partial charge in [0.2, 0.25) is 0 Å². The largest absolute Gasteiger partial charge is 0.306 e. The van der Waals surface area contributed by atoms with E-state index < -0.39 is 0 Å². The van der Waals surface area contributed by atoms with Crippen molar-refractivity contribution in [3.63, 3.8) is 0 Å². The van der Waals surface area contributed by atoms with Crippen LogP contribution >= 0.6 is 0 Å². The van der Waals surface area contributed by atoms with Gasteiger partial charge in [-0.25, -0.2) is 0 Å². The number of rotatable bonds is 3. The summed E-state index contributed by atoms with van der Waals surface area (Å²) in [4.78, 5) is 0. The van der Waals surface area contributed by atoms with Crippen molar-refractivity contribution in [1.29, 1.82) is 0 Å². The highest BCUT2D eigenvalue weighted by Crippen LogP contribution is 2.38. The zero-order valence-corrected chi connectivity index (χ0v) is 10.8. The Morgan fingerprint density at radius 3 is 2.81 bits per heavy atom. The van der Waals surface area contributed by atoms with E-state index >= 15 is 0 Å². The van der Waals surface area contributed by atoms with Crippen LogP contribution in [0.2, 0.25) is 0 Å². The van der Waals surface area contributed by atoms with E-state index in [0.717, 1.165) is 0 Å². The molecule has 1 aliphatic carbocycles. The fraction of sp³-hybridized carbons (Fsp3) is 0.769. The molecular formula is C13H23N3. The molecule has 3 nitrogen and oxygen atoms in total. The standard InChI is InChI=1S/C13H23N3/c1-10(11-7-9-14-16(11)4)15-12-6-5-8-13(12,2)3/h7,9-10,12,15H,5-6,8H2,1-4H3. The van der Waals surface area contributed by atoms with Crippen molar-refractivity contribution in [1.82, 2.24) is 15.1 Å². The van der Waals surface area contributed by atoms with Crippen LogP contribution in [0.1, 0.15) is 51.8 Å². The highest BCUT2D eigenvalue weighted by atomic mass is 15.3. The minimum atomic E-state index is 0.384. The van der Waals surface area contributed by atoms with Crippen molar-refractivity contribution < 1.29 is 0 Å². The van der Waals surface area contributed by atoms with Crippen molar-refractivity contribution in [2.75, 3.05) is 0 Å². The molecule has 1 aromatic heterocycles. The lowest BCUT2D eigenvalue weighted by atomic mass is 9.87. The van der Waals surface area contributed by atoms with Gasteiger partial charge in [-0.2, -0.15) is 5.10 Å². The van der Waals surface area contributed by atoms with E-state index in [1.807, 2.05) is 17.9 Å². The molecule has 1 saturated carbocycles. The van der Waals surface area contributed by atoms with E-state index in [-0.39, 0.29) is 0 Å². The van der Waals surface area contributed by atoms with E-state index in [1.165, 1.54) is 25.0 Å². The maximum absolute atomic E-state index is 4.23. The summed E-state index contributed by atoms with van der Waals surface area (Å²) < 4.78 is 1.96. The Labute approximate surface area is 98.2 Å². The summed E-state index contributed by atoms with van der Waals surface area (Å²) in [5.41, 5.74) is 1.70. The Bertz CT molecular complexity index is 354. The SMILES string of the molecule is CC(NC1CCCC1(C)C)c1ccnn1C. The van der Waals surface area contributed by atoms with Crippen molar-refractivity contribution in [2.24, 2.45) is 12.5 Å². The van der Waals surface area contributed by atoms with Crippen LogP contribution in [0, 0.1) is 5.41 Å². The molecule has 1 heterocycles. The van der Waals surface area contributed by atoms with E-state index in [2.05, 4.69) is 37.3 Å².